The zero-order chi connectivity index (χ0) is 13.9. The first-order chi connectivity index (χ1) is 8.32. The first-order valence-corrected chi connectivity index (χ1v) is 5.38. The molecule has 1 rings (SSSR count). The van der Waals surface area contributed by atoms with Crippen LogP contribution in [0.1, 0.15) is 42.0 Å². The molecule has 100 valence electrons. The summed E-state index contributed by atoms with van der Waals surface area (Å²) in [7, 11) is 0. The van der Waals surface area contributed by atoms with Gasteiger partial charge in [-0.3, -0.25) is 4.79 Å². The van der Waals surface area contributed by atoms with Crippen LogP contribution in [0.3, 0.4) is 0 Å². The largest absolute Gasteiger partial charge is 0.481 e. The Labute approximate surface area is 102 Å². The predicted octanol–water partition coefficient (Wildman–Crippen LogP) is 2.94. The molecular weight excluding hydrogens is 247 g/mol. The third kappa shape index (κ3) is 3.46. The molecule has 0 aliphatic rings. The van der Waals surface area contributed by atoms with Gasteiger partial charge in [-0.25, -0.2) is 13.2 Å². The highest BCUT2D eigenvalue weighted by molar-refractivity contribution is 5.66. The molecule has 0 fully saturated rings. The first kappa shape index (κ1) is 14.5. The molecule has 6 heteroatoms. The fourth-order valence-electron chi connectivity index (χ4n) is 1.72. The second-order valence-corrected chi connectivity index (χ2v) is 4.07. The third-order valence-electron chi connectivity index (χ3n) is 2.67. The molecule has 18 heavy (non-hydrogen) atoms. The van der Waals surface area contributed by atoms with Crippen molar-refractivity contribution < 1.29 is 23.1 Å². The van der Waals surface area contributed by atoms with Crippen LogP contribution >= 0.6 is 0 Å². The van der Waals surface area contributed by atoms with Crippen molar-refractivity contribution in [1.82, 2.24) is 0 Å². The molecule has 1 unspecified atom stereocenters. The molecule has 0 aromatic heterocycles. The Balaban J connectivity index is 2.95. The van der Waals surface area contributed by atoms with Gasteiger partial charge in [0.2, 0.25) is 0 Å². The van der Waals surface area contributed by atoms with Gasteiger partial charge in [-0.1, -0.05) is 6.07 Å². The van der Waals surface area contributed by atoms with E-state index in [0.29, 0.717) is 5.56 Å². The number of carboxylic acids is 1. The van der Waals surface area contributed by atoms with Gasteiger partial charge in [0, 0.05) is 12.5 Å². The lowest BCUT2D eigenvalue weighted by atomic mass is 9.97. The Morgan fingerprint density at radius 3 is 2.50 bits per heavy atom. The van der Waals surface area contributed by atoms with Crippen molar-refractivity contribution in [1.29, 1.82) is 0 Å². The summed E-state index contributed by atoms with van der Waals surface area (Å²) in [5, 5.41) is 8.51. The summed E-state index contributed by atoms with van der Waals surface area (Å²) >= 11 is 0. The highest BCUT2D eigenvalue weighted by Gasteiger charge is 2.19. The minimum absolute atomic E-state index is 0.116. The number of aryl methyl sites for hydroxylation is 1. The highest BCUT2D eigenvalue weighted by Crippen LogP contribution is 2.29. The van der Waals surface area contributed by atoms with Gasteiger partial charge in [0.25, 0.3) is 6.43 Å². The molecule has 3 N–H and O–H groups in total. The van der Waals surface area contributed by atoms with Gasteiger partial charge >= 0.3 is 5.97 Å². The molecule has 0 spiro atoms. The van der Waals surface area contributed by atoms with Crippen LogP contribution in [-0.2, 0) is 4.79 Å². The van der Waals surface area contributed by atoms with E-state index in [1.54, 1.807) is 0 Å². The fourth-order valence-corrected chi connectivity index (χ4v) is 1.72. The lowest BCUT2D eigenvalue weighted by Crippen LogP contribution is -2.13. The van der Waals surface area contributed by atoms with Crippen LogP contribution in [0.4, 0.5) is 13.2 Å². The molecule has 1 aromatic rings. The first-order valence-electron chi connectivity index (χ1n) is 5.38. The standard InChI is InChI=1S/C12H14F3NO2/c1-6-4-7(9(16)2-3-10(17)18)5-8(13)11(6)12(14)15/h4-5,9,12H,2-3,16H2,1H3,(H,17,18). The quantitative estimate of drug-likeness (QED) is 0.856. The molecule has 0 heterocycles. The van der Waals surface area contributed by atoms with E-state index in [1.807, 2.05) is 0 Å². The van der Waals surface area contributed by atoms with Crippen LogP contribution in [0.25, 0.3) is 0 Å². The summed E-state index contributed by atoms with van der Waals surface area (Å²) in [6, 6.07) is 1.64. The number of benzene rings is 1. The second kappa shape index (κ2) is 5.86. The van der Waals surface area contributed by atoms with Crippen molar-refractivity contribution >= 4 is 5.97 Å². The number of hydrogen-bond donors (Lipinski definition) is 2. The van der Waals surface area contributed by atoms with Crippen molar-refractivity contribution in [3.05, 3.63) is 34.6 Å². The van der Waals surface area contributed by atoms with Crippen molar-refractivity contribution in [2.45, 2.75) is 32.2 Å². The Morgan fingerprint density at radius 2 is 2.06 bits per heavy atom. The fraction of sp³-hybridized carbons (Fsp3) is 0.417. The Hall–Kier alpha value is -1.56. The van der Waals surface area contributed by atoms with E-state index < -0.39 is 29.8 Å². The summed E-state index contributed by atoms with van der Waals surface area (Å²) in [6.45, 7) is 1.37. The SMILES string of the molecule is Cc1cc(C(N)CCC(=O)O)cc(F)c1C(F)F. The van der Waals surface area contributed by atoms with Crippen molar-refractivity contribution in [3.8, 4) is 0 Å². The predicted molar refractivity (Wildman–Crippen MR) is 59.9 cm³/mol. The molecule has 1 atom stereocenters. The maximum atomic E-state index is 13.5. The van der Waals surface area contributed by atoms with Crippen LogP contribution in [0.2, 0.25) is 0 Å². The summed E-state index contributed by atoms with van der Waals surface area (Å²) in [4.78, 5) is 10.4. The van der Waals surface area contributed by atoms with E-state index in [0.717, 1.165) is 6.07 Å². The van der Waals surface area contributed by atoms with Crippen LogP contribution in [-0.4, -0.2) is 11.1 Å². The molecule has 0 bridgehead atoms. The van der Waals surface area contributed by atoms with Gasteiger partial charge in [-0.05, 0) is 30.5 Å². The number of rotatable bonds is 5. The number of carbonyl (C=O) groups is 1. The summed E-state index contributed by atoms with van der Waals surface area (Å²) in [5.74, 6) is -2.02. The lowest BCUT2D eigenvalue weighted by Gasteiger charge is -2.14. The zero-order valence-electron chi connectivity index (χ0n) is 9.79. The van der Waals surface area contributed by atoms with Crippen LogP contribution in [0.5, 0.6) is 0 Å². The molecule has 0 aliphatic heterocycles. The van der Waals surface area contributed by atoms with E-state index >= 15 is 0 Å². The average molecular weight is 261 g/mol. The maximum absolute atomic E-state index is 13.5. The molecule has 0 aliphatic carbocycles. The normalized spacial score (nSPS) is 12.8. The van der Waals surface area contributed by atoms with Gasteiger partial charge in [-0.15, -0.1) is 0 Å². The maximum Gasteiger partial charge on any atom is 0.303 e. The van der Waals surface area contributed by atoms with Gasteiger partial charge in [0.1, 0.15) is 5.82 Å². The number of halogens is 3. The van der Waals surface area contributed by atoms with Gasteiger partial charge in [-0.2, -0.15) is 0 Å². The van der Waals surface area contributed by atoms with E-state index in [2.05, 4.69) is 0 Å². The molecule has 0 amide bonds. The third-order valence-corrected chi connectivity index (χ3v) is 2.67. The molecule has 3 nitrogen and oxygen atoms in total. The van der Waals surface area contributed by atoms with E-state index in [-0.39, 0.29) is 18.4 Å². The molecule has 0 saturated carbocycles. The Bertz CT molecular complexity index is 426. The topological polar surface area (TPSA) is 63.3 Å². The number of aliphatic carboxylic acids is 1. The minimum Gasteiger partial charge on any atom is -0.481 e. The van der Waals surface area contributed by atoms with E-state index in [9.17, 15) is 18.0 Å². The minimum atomic E-state index is -2.88. The molecular formula is C12H14F3NO2. The highest BCUT2D eigenvalue weighted by atomic mass is 19.3. The van der Waals surface area contributed by atoms with Crippen LogP contribution in [0.15, 0.2) is 12.1 Å². The number of nitrogens with two attached hydrogens (primary N) is 1. The van der Waals surface area contributed by atoms with Gasteiger partial charge in [0.05, 0.1) is 5.56 Å². The van der Waals surface area contributed by atoms with Crippen molar-refractivity contribution in [3.63, 3.8) is 0 Å². The Kier molecular flexibility index (Phi) is 4.72. The van der Waals surface area contributed by atoms with E-state index in [1.165, 1.54) is 13.0 Å². The van der Waals surface area contributed by atoms with Crippen LogP contribution in [0, 0.1) is 12.7 Å². The molecule has 0 radical (unpaired) electrons. The molecule has 1 aromatic carbocycles. The monoisotopic (exact) mass is 261 g/mol. The van der Waals surface area contributed by atoms with Crippen LogP contribution < -0.4 is 5.73 Å². The number of alkyl halides is 2. The average Bonchev–Trinajstić information content (AvgIpc) is 2.24. The smallest absolute Gasteiger partial charge is 0.303 e. The summed E-state index contributed by atoms with van der Waals surface area (Å²) < 4.78 is 38.5. The van der Waals surface area contributed by atoms with Gasteiger partial charge < -0.3 is 10.8 Å². The molecule has 0 saturated heterocycles. The van der Waals surface area contributed by atoms with Gasteiger partial charge in [0.15, 0.2) is 0 Å². The lowest BCUT2D eigenvalue weighted by molar-refractivity contribution is -0.137. The second-order valence-electron chi connectivity index (χ2n) is 4.07. The number of hydrogen-bond acceptors (Lipinski definition) is 2. The van der Waals surface area contributed by atoms with Crippen molar-refractivity contribution in [2.75, 3.05) is 0 Å². The summed E-state index contributed by atoms with van der Waals surface area (Å²) in [6.07, 6.45) is -2.91. The van der Waals surface area contributed by atoms with E-state index in [4.69, 9.17) is 10.8 Å². The summed E-state index contributed by atoms with van der Waals surface area (Å²) in [5.41, 5.74) is 5.50. The van der Waals surface area contributed by atoms with Crippen molar-refractivity contribution in [2.24, 2.45) is 5.73 Å². The number of carboxylic acid groups (broad SMARTS) is 1. The zero-order valence-corrected chi connectivity index (χ0v) is 9.79. The Morgan fingerprint density at radius 1 is 1.44 bits per heavy atom.